The number of aromatic nitrogens is 2. The third-order valence-electron chi connectivity index (χ3n) is 4.24. The van der Waals surface area contributed by atoms with Gasteiger partial charge in [0.15, 0.2) is 0 Å². The van der Waals surface area contributed by atoms with E-state index in [1.54, 1.807) is 17.1 Å². The van der Waals surface area contributed by atoms with Crippen LogP contribution in [0.5, 0.6) is 0 Å². The number of nitrogens with one attached hydrogen (secondary N) is 1. The lowest BCUT2D eigenvalue weighted by atomic mass is 10.1. The number of halogens is 1. The molecule has 0 fully saturated rings. The first-order chi connectivity index (χ1) is 13.6. The average Bonchev–Trinajstić information content (AvgIpc) is 3.15. The summed E-state index contributed by atoms with van der Waals surface area (Å²) in [5, 5.41) is 17.1. The Labute approximate surface area is 168 Å². The Balaban J connectivity index is 1.71. The van der Waals surface area contributed by atoms with Crippen molar-refractivity contribution in [3.8, 4) is 6.07 Å². The summed E-state index contributed by atoms with van der Waals surface area (Å²) in [5.74, 6) is -0.453. The van der Waals surface area contributed by atoms with Gasteiger partial charge in [0.05, 0.1) is 12.7 Å². The third kappa shape index (κ3) is 4.87. The second-order valence-corrected chi connectivity index (χ2v) is 6.64. The zero-order valence-electron chi connectivity index (χ0n) is 15.4. The Morgan fingerprint density at radius 3 is 2.68 bits per heavy atom. The van der Waals surface area contributed by atoms with Gasteiger partial charge in [0, 0.05) is 22.5 Å². The van der Waals surface area contributed by atoms with Crippen molar-refractivity contribution in [3.05, 3.63) is 88.2 Å². The molecule has 3 rings (SSSR count). The Kier molecular flexibility index (Phi) is 6.25. The highest BCUT2D eigenvalue weighted by Crippen LogP contribution is 2.17. The molecule has 0 saturated carbocycles. The van der Waals surface area contributed by atoms with Crippen molar-refractivity contribution in [2.75, 3.05) is 5.32 Å². The molecule has 1 amide bonds. The highest BCUT2D eigenvalue weighted by atomic mass is 35.5. The summed E-state index contributed by atoms with van der Waals surface area (Å²) < 4.78 is 1.71. The predicted molar refractivity (Wildman–Crippen MR) is 111 cm³/mol. The Morgan fingerprint density at radius 1 is 1.25 bits per heavy atom. The molecule has 5 nitrogen and oxygen atoms in total. The molecule has 3 aromatic rings. The smallest absolute Gasteiger partial charge is 0.266 e. The van der Waals surface area contributed by atoms with Crippen LogP contribution in [0, 0.1) is 11.3 Å². The minimum Gasteiger partial charge on any atom is -0.321 e. The van der Waals surface area contributed by atoms with Crippen molar-refractivity contribution in [2.24, 2.45) is 0 Å². The molecule has 0 aliphatic heterocycles. The van der Waals surface area contributed by atoms with Gasteiger partial charge < -0.3 is 5.32 Å². The number of hydrogen-bond donors (Lipinski definition) is 1. The Hall–Kier alpha value is -3.36. The lowest BCUT2D eigenvalue weighted by molar-refractivity contribution is -0.112. The number of carbonyl (C=O) groups is 1. The normalized spacial score (nSPS) is 11.1. The maximum absolute atomic E-state index is 12.4. The maximum atomic E-state index is 12.4. The van der Waals surface area contributed by atoms with Crippen LogP contribution in [0.15, 0.2) is 66.5 Å². The van der Waals surface area contributed by atoms with Crippen LogP contribution in [0.1, 0.15) is 23.6 Å². The predicted octanol–water partition coefficient (Wildman–Crippen LogP) is 4.69. The molecular weight excluding hydrogens is 372 g/mol. The Bertz CT molecular complexity index is 1040. The van der Waals surface area contributed by atoms with Crippen LogP contribution in [0.3, 0.4) is 0 Å². The van der Waals surface area contributed by atoms with Crippen LogP contribution in [0.4, 0.5) is 5.69 Å². The maximum Gasteiger partial charge on any atom is 0.266 e. The summed E-state index contributed by atoms with van der Waals surface area (Å²) in [6, 6.07) is 17.0. The lowest BCUT2D eigenvalue weighted by Crippen LogP contribution is -2.13. The van der Waals surface area contributed by atoms with E-state index in [2.05, 4.69) is 17.3 Å². The molecule has 140 valence electrons. The van der Waals surface area contributed by atoms with Crippen LogP contribution in [-0.2, 0) is 17.8 Å². The molecule has 0 bridgehead atoms. The van der Waals surface area contributed by atoms with Gasteiger partial charge >= 0.3 is 0 Å². The van der Waals surface area contributed by atoms with Crippen LogP contribution in [0.25, 0.3) is 6.08 Å². The molecule has 2 aromatic carbocycles. The van der Waals surface area contributed by atoms with Crippen molar-refractivity contribution < 1.29 is 4.79 Å². The van der Waals surface area contributed by atoms with Crippen molar-refractivity contribution in [1.82, 2.24) is 9.78 Å². The van der Waals surface area contributed by atoms with Gasteiger partial charge in [0.2, 0.25) is 0 Å². The number of hydrogen-bond acceptors (Lipinski definition) is 3. The van der Waals surface area contributed by atoms with E-state index in [0.717, 1.165) is 12.0 Å². The minimum absolute atomic E-state index is 0.0110. The van der Waals surface area contributed by atoms with E-state index in [4.69, 9.17) is 11.6 Å². The summed E-state index contributed by atoms with van der Waals surface area (Å²) in [5.41, 5.74) is 3.45. The highest BCUT2D eigenvalue weighted by molar-refractivity contribution is 6.31. The number of nitriles is 1. The number of amides is 1. The molecule has 0 saturated heterocycles. The zero-order valence-corrected chi connectivity index (χ0v) is 16.1. The monoisotopic (exact) mass is 390 g/mol. The van der Waals surface area contributed by atoms with E-state index in [-0.39, 0.29) is 5.57 Å². The standard InChI is InChI=1S/C22H19ClN4O/c1-2-16-7-9-20(10-8-16)26-22(28)19(12-24)11-17-13-25-27(14-17)15-18-5-3-4-6-21(18)23/h3-11,13-14H,2,15H2,1H3,(H,26,28)/b19-11+. The fraction of sp³-hybridized carbons (Fsp3) is 0.136. The second-order valence-electron chi connectivity index (χ2n) is 6.24. The zero-order chi connectivity index (χ0) is 19.9. The first-order valence-corrected chi connectivity index (χ1v) is 9.24. The molecule has 1 aromatic heterocycles. The van der Waals surface area contributed by atoms with E-state index >= 15 is 0 Å². The second kappa shape index (κ2) is 9.03. The van der Waals surface area contributed by atoms with Crippen molar-refractivity contribution in [2.45, 2.75) is 19.9 Å². The van der Waals surface area contributed by atoms with Crippen molar-refractivity contribution in [1.29, 1.82) is 5.26 Å². The van der Waals surface area contributed by atoms with Gasteiger partial charge in [-0.3, -0.25) is 9.48 Å². The summed E-state index contributed by atoms with van der Waals surface area (Å²) in [7, 11) is 0. The van der Waals surface area contributed by atoms with Gasteiger partial charge in [0.1, 0.15) is 11.6 Å². The molecule has 0 aliphatic carbocycles. The van der Waals surface area contributed by atoms with Crippen LogP contribution in [0.2, 0.25) is 5.02 Å². The quantitative estimate of drug-likeness (QED) is 0.490. The summed E-state index contributed by atoms with van der Waals surface area (Å²) in [6.45, 7) is 2.57. The van der Waals surface area contributed by atoms with Gasteiger partial charge in [-0.05, 0) is 41.8 Å². The number of carbonyl (C=O) groups excluding carboxylic acids is 1. The summed E-state index contributed by atoms with van der Waals surface area (Å²) >= 11 is 6.18. The van der Waals surface area contributed by atoms with E-state index < -0.39 is 5.91 Å². The first kappa shape index (κ1) is 19.4. The molecule has 0 unspecified atom stereocenters. The number of anilines is 1. The molecule has 0 spiro atoms. The lowest BCUT2D eigenvalue weighted by Gasteiger charge is -2.05. The number of benzene rings is 2. The molecule has 0 aliphatic rings. The topological polar surface area (TPSA) is 70.7 Å². The third-order valence-corrected chi connectivity index (χ3v) is 4.61. The van der Waals surface area contributed by atoms with Gasteiger partial charge in [-0.1, -0.05) is 48.9 Å². The first-order valence-electron chi connectivity index (χ1n) is 8.87. The van der Waals surface area contributed by atoms with Crippen LogP contribution < -0.4 is 5.32 Å². The van der Waals surface area contributed by atoms with E-state index in [1.165, 1.54) is 11.6 Å². The molecule has 6 heteroatoms. The van der Waals surface area contributed by atoms with Crippen LogP contribution in [-0.4, -0.2) is 15.7 Å². The molecule has 28 heavy (non-hydrogen) atoms. The fourth-order valence-electron chi connectivity index (χ4n) is 2.68. The average molecular weight is 391 g/mol. The molecule has 0 radical (unpaired) electrons. The van der Waals surface area contributed by atoms with Gasteiger partial charge in [0.25, 0.3) is 5.91 Å². The van der Waals surface area contributed by atoms with Gasteiger partial charge in [-0.25, -0.2) is 0 Å². The molecule has 1 N–H and O–H groups in total. The Morgan fingerprint density at radius 2 is 2.00 bits per heavy atom. The van der Waals surface area contributed by atoms with Gasteiger partial charge in [-0.2, -0.15) is 10.4 Å². The molecule has 0 atom stereocenters. The van der Waals surface area contributed by atoms with Crippen molar-refractivity contribution in [3.63, 3.8) is 0 Å². The summed E-state index contributed by atoms with van der Waals surface area (Å²) in [6.07, 6.45) is 5.82. The number of rotatable bonds is 6. The SMILES string of the molecule is CCc1ccc(NC(=O)/C(C#N)=C/c2cnn(Cc3ccccc3Cl)c2)cc1. The van der Waals surface area contributed by atoms with E-state index in [0.29, 0.717) is 22.8 Å². The minimum atomic E-state index is -0.453. The van der Waals surface area contributed by atoms with Gasteiger partial charge in [-0.15, -0.1) is 0 Å². The van der Waals surface area contributed by atoms with E-state index in [1.807, 2.05) is 54.6 Å². The molecule has 1 heterocycles. The van der Waals surface area contributed by atoms with E-state index in [9.17, 15) is 10.1 Å². The molecular formula is C22H19ClN4O. The highest BCUT2D eigenvalue weighted by Gasteiger charge is 2.10. The largest absolute Gasteiger partial charge is 0.321 e. The van der Waals surface area contributed by atoms with Crippen LogP contribution >= 0.6 is 11.6 Å². The number of nitrogens with zero attached hydrogens (tertiary/aromatic N) is 3. The number of aryl methyl sites for hydroxylation is 1. The summed E-state index contributed by atoms with van der Waals surface area (Å²) in [4.78, 5) is 12.4. The van der Waals surface area contributed by atoms with Crippen molar-refractivity contribution >= 4 is 29.3 Å². The fourth-order valence-corrected chi connectivity index (χ4v) is 2.87.